The molecule has 2 aromatic carbocycles. The van der Waals surface area contributed by atoms with E-state index >= 15 is 0 Å². The molecule has 182 valence electrons. The van der Waals surface area contributed by atoms with Crippen LogP contribution in [0.2, 0.25) is 0 Å². The van der Waals surface area contributed by atoms with Crippen molar-refractivity contribution >= 4 is 29.4 Å². The molecule has 9 nitrogen and oxygen atoms in total. The van der Waals surface area contributed by atoms with Crippen LogP contribution in [0.25, 0.3) is 0 Å². The Labute approximate surface area is 205 Å². The lowest BCUT2D eigenvalue weighted by molar-refractivity contribution is 0.0535. The Balaban J connectivity index is 1.37. The van der Waals surface area contributed by atoms with Crippen LogP contribution in [0, 0.1) is 0 Å². The molecule has 0 radical (unpaired) electrons. The van der Waals surface area contributed by atoms with Crippen molar-refractivity contribution in [1.82, 2.24) is 9.80 Å². The van der Waals surface area contributed by atoms with Gasteiger partial charge in [-0.1, -0.05) is 36.8 Å². The van der Waals surface area contributed by atoms with Gasteiger partial charge in [0.25, 0.3) is 11.8 Å². The van der Waals surface area contributed by atoms with Crippen LogP contribution in [0.1, 0.15) is 52.8 Å². The quantitative estimate of drug-likeness (QED) is 0.709. The van der Waals surface area contributed by atoms with Crippen molar-refractivity contribution in [3.8, 4) is 0 Å². The van der Waals surface area contributed by atoms with Crippen molar-refractivity contribution in [2.75, 3.05) is 31.1 Å². The molecule has 2 fully saturated rings. The van der Waals surface area contributed by atoms with Crippen LogP contribution in [-0.2, 0) is 0 Å². The molecule has 2 aliphatic heterocycles. The van der Waals surface area contributed by atoms with E-state index in [0.717, 1.165) is 32.1 Å². The van der Waals surface area contributed by atoms with Gasteiger partial charge in [0, 0.05) is 31.7 Å². The highest BCUT2D eigenvalue weighted by Crippen LogP contribution is 2.40. The summed E-state index contributed by atoms with van der Waals surface area (Å²) in [5.41, 5.74) is 13.7. The maximum atomic E-state index is 13.7. The average Bonchev–Trinajstić information content (AvgIpc) is 2.89. The minimum absolute atomic E-state index is 0.00917. The Kier molecular flexibility index (Phi) is 6.15. The number of nitrogens with zero attached hydrogens (tertiary/aromatic N) is 5. The van der Waals surface area contributed by atoms with E-state index in [1.807, 2.05) is 59.5 Å². The van der Waals surface area contributed by atoms with Crippen molar-refractivity contribution < 1.29 is 9.59 Å². The number of aliphatic imine (C=N–C) groups is 2. The van der Waals surface area contributed by atoms with Gasteiger partial charge in [0.2, 0.25) is 11.9 Å². The summed E-state index contributed by atoms with van der Waals surface area (Å²) in [6.07, 6.45) is 4.75. The first kappa shape index (κ1) is 22.9. The molecule has 0 atom stereocenters. The summed E-state index contributed by atoms with van der Waals surface area (Å²) in [6, 6.07) is 16.7. The molecule has 1 spiro atoms. The number of carbonyl (C=O) groups is 2. The van der Waals surface area contributed by atoms with Crippen LogP contribution >= 0.6 is 0 Å². The Hall–Kier alpha value is -3.88. The van der Waals surface area contributed by atoms with Crippen molar-refractivity contribution in [2.45, 2.75) is 37.8 Å². The van der Waals surface area contributed by atoms with Gasteiger partial charge in [-0.05, 0) is 49.9 Å². The van der Waals surface area contributed by atoms with Crippen molar-refractivity contribution in [3.63, 3.8) is 0 Å². The molecule has 5 rings (SSSR count). The Morgan fingerprint density at radius 3 is 2.06 bits per heavy atom. The zero-order valence-corrected chi connectivity index (χ0v) is 19.8. The number of amides is 2. The van der Waals surface area contributed by atoms with E-state index in [0.29, 0.717) is 43.0 Å². The molecule has 1 saturated carbocycles. The third-order valence-electron chi connectivity index (χ3n) is 7.10. The van der Waals surface area contributed by atoms with Crippen molar-refractivity contribution in [2.24, 2.45) is 21.5 Å². The summed E-state index contributed by atoms with van der Waals surface area (Å²) in [5.74, 6) is 0.348. The van der Waals surface area contributed by atoms with Crippen molar-refractivity contribution in [3.05, 3.63) is 65.7 Å². The second-order valence-corrected chi connectivity index (χ2v) is 9.29. The van der Waals surface area contributed by atoms with E-state index in [9.17, 15) is 9.59 Å². The normalized spacial score (nSPS) is 19.8. The maximum Gasteiger partial charge on any atom is 0.256 e. The third-order valence-corrected chi connectivity index (χ3v) is 7.10. The second kappa shape index (κ2) is 9.40. The second-order valence-electron chi connectivity index (χ2n) is 9.29. The Morgan fingerprint density at radius 1 is 0.771 bits per heavy atom. The minimum Gasteiger partial charge on any atom is -0.369 e. The van der Waals surface area contributed by atoms with Gasteiger partial charge < -0.3 is 21.3 Å². The zero-order chi connectivity index (χ0) is 24.4. The van der Waals surface area contributed by atoms with Gasteiger partial charge in [0.1, 0.15) is 5.66 Å². The van der Waals surface area contributed by atoms with Gasteiger partial charge in [-0.2, -0.15) is 4.99 Å². The third kappa shape index (κ3) is 4.34. The summed E-state index contributed by atoms with van der Waals surface area (Å²) < 4.78 is 0. The Morgan fingerprint density at radius 2 is 1.37 bits per heavy atom. The number of hydrogen-bond acceptors (Lipinski definition) is 7. The Bertz CT molecular complexity index is 1160. The van der Waals surface area contributed by atoms with Gasteiger partial charge in [0.15, 0.2) is 0 Å². The van der Waals surface area contributed by atoms with Crippen LogP contribution in [0.3, 0.4) is 0 Å². The van der Waals surface area contributed by atoms with Crippen LogP contribution in [0.15, 0.2) is 64.6 Å². The first-order valence-electron chi connectivity index (χ1n) is 12.2. The van der Waals surface area contributed by atoms with Gasteiger partial charge in [-0.15, -0.1) is 0 Å². The fraction of sp³-hybridized carbons (Fsp3) is 0.385. The fourth-order valence-corrected chi connectivity index (χ4v) is 5.37. The van der Waals surface area contributed by atoms with Gasteiger partial charge in [-0.25, -0.2) is 4.99 Å². The lowest BCUT2D eigenvalue weighted by atomic mass is 9.87. The molecule has 2 aromatic rings. The molecule has 0 aromatic heterocycles. The molecule has 3 aliphatic rings. The summed E-state index contributed by atoms with van der Waals surface area (Å²) in [5, 5.41) is 0. The number of benzene rings is 2. The lowest BCUT2D eigenvalue weighted by Crippen LogP contribution is -2.59. The number of guanidine groups is 2. The summed E-state index contributed by atoms with van der Waals surface area (Å²) in [6.45, 7) is 1.90. The van der Waals surface area contributed by atoms with E-state index in [1.54, 1.807) is 9.80 Å². The summed E-state index contributed by atoms with van der Waals surface area (Å²) in [7, 11) is 0. The summed E-state index contributed by atoms with van der Waals surface area (Å²) in [4.78, 5) is 41.0. The van der Waals surface area contributed by atoms with Gasteiger partial charge in [-0.3, -0.25) is 14.5 Å². The predicted octanol–water partition coefficient (Wildman–Crippen LogP) is 2.39. The minimum atomic E-state index is -0.620. The summed E-state index contributed by atoms with van der Waals surface area (Å²) >= 11 is 0. The largest absolute Gasteiger partial charge is 0.369 e. The lowest BCUT2D eigenvalue weighted by Gasteiger charge is -2.46. The fourth-order valence-electron chi connectivity index (χ4n) is 5.37. The van der Waals surface area contributed by atoms with E-state index in [1.165, 1.54) is 0 Å². The highest BCUT2D eigenvalue weighted by atomic mass is 16.2. The number of para-hydroxylation sites is 1. The number of rotatable bonds is 3. The molecule has 0 bridgehead atoms. The van der Waals surface area contributed by atoms with Crippen LogP contribution in [-0.4, -0.2) is 65.4 Å². The SMILES string of the molecule is NC1=NC2(CCCCC2)N(c2ccccc2C(=O)N2CCN(C(=O)c3ccccc3)CC2)C(N)=N1. The van der Waals surface area contributed by atoms with Crippen LogP contribution in [0.4, 0.5) is 5.69 Å². The van der Waals surface area contributed by atoms with Crippen molar-refractivity contribution in [1.29, 1.82) is 0 Å². The highest BCUT2D eigenvalue weighted by molar-refractivity contribution is 6.10. The number of carbonyl (C=O) groups excluding carboxylic acids is 2. The van der Waals surface area contributed by atoms with Crippen LogP contribution in [0.5, 0.6) is 0 Å². The zero-order valence-electron chi connectivity index (χ0n) is 19.8. The maximum absolute atomic E-state index is 13.7. The molecular weight excluding hydrogens is 442 g/mol. The standard InChI is InChI=1S/C26H31N7O2/c27-24-29-25(28)33(26(30-24)13-7-2-8-14-26)21-12-6-5-11-20(21)23(35)32-17-15-31(16-18-32)22(34)19-9-3-1-4-10-19/h1,3-6,9-12H,2,7-8,13-18H2,(H4,27,28,29,30). The molecule has 9 heteroatoms. The number of hydrogen-bond donors (Lipinski definition) is 2. The highest BCUT2D eigenvalue weighted by Gasteiger charge is 2.44. The molecule has 4 N–H and O–H groups in total. The van der Waals surface area contributed by atoms with E-state index in [-0.39, 0.29) is 23.7 Å². The first-order chi connectivity index (χ1) is 17.0. The van der Waals surface area contributed by atoms with E-state index in [2.05, 4.69) is 4.99 Å². The predicted molar refractivity (Wildman–Crippen MR) is 136 cm³/mol. The molecule has 2 amide bonds. The number of nitrogens with two attached hydrogens (primary N) is 2. The smallest absolute Gasteiger partial charge is 0.256 e. The molecule has 1 saturated heterocycles. The average molecular weight is 474 g/mol. The van der Waals surface area contributed by atoms with E-state index in [4.69, 9.17) is 16.5 Å². The monoisotopic (exact) mass is 473 g/mol. The molecule has 35 heavy (non-hydrogen) atoms. The topological polar surface area (TPSA) is 121 Å². The molecule has 0 unspecified atom stereocenters. The van der Waals surface area contributed by atoms with Gasteiger partial charge >= 0.3 is 0 Å². The molecule has 1 aliphatic carbocycles. The first-order valence-corrected chi connectivity index (χ1v) is 12.2. The van der Waals surface area contributed by atoms with Crippen LogP contribution < -0.4 is 16.4 Å². The molecule has 2 heterocycles. The number of anilines is 1. The molecular formula is C26H31N7O2. The van der Waals surface area contributed by atoms with E-state index < -0.39 is 5.66 Å². The van der Waals surface area contributed by atoms with Gasteiger partial charge in [0.05, 0.1) is 11.3 Å². The number of piperazine rings is 1.